The third-order valence-corrected chi connectivity index (χ3v) is 8.28. The first-order valence-corrected chi connectivity index (χ1v) is 12.0. The monoisotopic (exact) mass is 439 g/mol. The molecule has 4 unspecified atom stereocenters. The zero-order valence-corrected chi connectivity index (χ0v) is 19.0. The summed E-state index contributed by atoms with van der Waals surface area (Å²) in [5, 5.41) is 4.18. The highest BCUT2D eigenvalue weighted by Gasteiger charge is 2.66. The highest BCUT2D eigenvalue weighted by Crippen LogP contribution is 2.58. The summed E-state index contributed by atoms with van der Waals surface area (Å²) in [7, 11) is 2.12. The van der Waals surface area contributed by atoms with Crippen LogP contribution in [-0.4, -0.2) is 50.7 Å². The summed E-state index contributed by atoms with van der Waals surface area (Å²) in [6.07, 6.45) is 1.83. The Morgan fingerprint density at radius 2 is 1.93 bits per heavy atom. The van der Waals surface area contributed by atoms with E-state index in [0.29, 0.717) is 18.9 Å². The summed E-state index contributed by atoms with van der Waals surface area (Å²) in [6.45, 7) is 6.40. The molecular weight excluding hydrogens is 414 g/mol. The SMILES string of the molecule is CN1CC2C(=O)C(C)(C1)C(C)(c1cscn1)N(Cc1ccccn1)C2c1cscn1. The molecule has 0 aliphatic carbocycles. The maximum Gasteiger partial charge on any atom is 0.148 e. The standard InChI is InChI=1S/C22H25N5OS2/c1-21-12-26(3)9-16(20(21)28)19(17-10-29-13-24-17)27(8-15-6-4-5-7-23-15)22(21,2)18-11-30-14-25-18/h4-7,10-11,13-14,16,19H,8-9,12H2,1-3H3. The molecule has 2 saturated heterocycles. The molecule has 0 amide bonds. The number of carbonyl (C=O) groups is 1. The number of pyridine rings is 1. The molecule has 2 bridgehead atoms. The van der Waals surface area contributed by atoms with Gasteiger partial charge in [0.1, 0.15) is 5.78 Å². The van der Waals surface area contributed by atoms with Crippen LogP contribution >= 0.6 is 22.7 Å². The van der Waals surface area contributed by atoms with Gasteiger partial charge in [-0.05, 0) is 33.0 Å². The number of aromatic nitrogens is 3. The fourth-order valence-corrected chi connectivity index (χ4v) is 6.74. The number of likely N-dealkylation sites (tertiary alicyclic amines) is 2. The van der Waals surface area contributed by atoms with Crippen molar-refractivity contribution in [2.45, 2.75) is 32.0 Å². The molecule has 5 heterocycles. The minimum atomic E-state index is -0.583. The van der Waals surface area contributed by atoms with E-state index in [-0.39, 0.29) is 12.0 Å². The number of rotatable bonds is 4. The Balaban J connectivity index is 1.74. The first kappa shape index (κ1) is 19.9. The number of nitrogens with zero attached hydrogens (tertiary/aromatic N) is 5. The van der Waals surface area contributed by atoms with Crippen LogP contribution in [0.3, 0.4) is 0 Å². The molecule has 0 spiro atoms. The second-order valence-corrected chi connectivity index (χ2v) is 10.2. The molecule has 2 aliphatic heterocycles. The Kier molecular flexibility index (Phi) is 4.85. The summed E-state index contributed by atoms with van der Waals surface area (Å²) in [5.74, 6) is 0.192. The normalized spacial score (nSPS) is 32.4. The summed E-state index contributed by atoms with van der Waals surface area (Å²) >= 11 is 3.16. The van der Waals surface area contributed by atoms with Crippen LogP contribution < -0.4 is 0 Å². The van der Waals surface area contributed by atoms with Crippen LogP contribution in [0.15, 0.2) is 46.2 Å². The van der Waals surface area contributed by atoms with Gasteiger partial charge >= 0.3 is 0 Å². The molecule has 2 aliphatic rings. The minimum absolute atomic E-state index is 0.117. The first-order valence-electron chi connectivity index (χ1n) is 10.1. The Morgan fingerprint density at radius 3 is 2.60 bits per heavy atom. The average molecular weight is 440 g/mol. The van der Waals surface area contributed by atoms with Gasteiger partial charge in [-0.1, -0.05) is 6.07 Å². The molecule has 8 heteroatoms. The highest BCUT2D eigenvalue weighted by molar-refractivity contribution is 7.07. The zero-order chi connectivity index (χ0) is 20.9. The molecule has 5 rings (SSSR count). The largest absolute Gasteiger partial charge is 0.305 e. The van der Waals surface area contributed by atoms with Gasteiger partial charge in [0, 0.05) is 36.6 Å². The lowest BCUT2D eigenvalue weighted by Crippen LogP contribution is -2.72. The van der Waals surface area contributed by atoms with Crippen molar-refractivity contribution in [1.82, 2.24) is 24.8 Å². The first-order chi connectivity index (χ1) is 14.4. The Morgan fingerprint density at radius 1 is 1.13 bits per heavy atom. The zero-order valence-electron chi connectivity index (χ0n) is 17.4. The smallest absolute Gasteiger partial charge is 0.148 e. The van der Waals surface area contributed by atoms with Gasteiger partial charge in [0.15, 0.2) is 0 Å². The summed E-state index contributed by atoms with van der Waals surface area (Å²) < 4.78 is 0. The Labute approximate surface area is 184 Å². The van der Waals surface area contributed by atoms with Gasteiger partial charge in [0.25, 0.3) is 0 Å². The van der Waals surface area contributed by atoms with Gasteiger partial charge < -0.3 is 4.90 Å². The van der Waals surface area contributed by atoms with Crippen molar-refractivity contribution in [2.24, 2.45) is 11.3 Å². The summed E-state index contributed by atoms with van der Waals surface area (Å²) in [4.78, 5) is 32.8. The average Bonchev–Trinajstić information content (AvgIpc) is 3.45. The van der Waals surface area contributed by atoms with E-state index in [1.807, 2.05) is 29.4 Å². The number of piperidine rings is 2. The Bertz CT molecular complexity index is 1030. The maximum atomic E-state index is 14.0. The quantitative estimate of drug-likeness (QED) is 0.619. The molecule has 2 fully saturated rings. The van der Waals surface area contributed by atoms with E-state index in [9.17, 15) is 4.79 Å². The van der Waals surface area contributed by atoms with Gasteiger partial charge in [-0.25, -0.2) is 9.97 Å². The van der Waals surface area contributed by atoms with Gasteiger partial charge in [-0.15, -0.1) is 22.7 Å². The van der Waals surface area contributed by atoms with E-state index < -0.39 is 11.0 Å². The van der Waals surface area contributed by atoms with Crippen molar-refractivity contribution in [3.8, 4) is 0 Å². The van der Waals surface area contributed by atoms with Crippen LogP contribution in [0.4, 0.5) is 0 Å². The van der Waals surface area contributed by atoms with Crippen molar-refractivity contribution in [2.75, 3.05) is 20.1 Å². The second-order valence-electron chi connectivity index (χ2n) is 8.75. The molecule has 156 valence electrons. The summed E-state index contributed by atoms with van der Waals surface area (Å²) in [6, 6.07) is 5.89. The molecule has 0 radical (unpaired) electrons. The number of fused-ring (bicyclic) bond motifs is 2. The topological polar surface area (TPSA) is 62.2 Å². The van der Waals surface area contributed by atoms with Crippen molar-refractivity contribution in [3.63, 3.8) is 0 Å². The lowest BCUT2D eigenvalue weighted by molar-refractivity contribution is -0.183. The fraction of sp³-hybridized carbons (Fsp3) is 0.455. The molecule has 4 atom stereocenters. The predicted molar refractivity (Wildman–Crippen MR) is 118 cm³/mol. The van der Waals surface area contributed by atoms with Crippen LogP contribution in [0.2, 0.25) is 0 Å². The van der Waals surface area contributed by atoms with Gasteiger partial charge in [0.2, 0.25) is 0 Å². The summed E-state index contributed by atoms with van der Waals surface area (Å²) in [5.41, 5.74) is 5.47. The lowest BCUT2D eigenvalue weighted by atomic mass is 9.56. The van der Waals surface area contributed by atoms with E-state index in [1.165, 1.54) is 0 Å². The molecule has 3 aromatic heterocycles. The molecule has 30 heavy (non-hydrogen) atoms. The van der Waals surface area contributed by atoms with Crippen LogP contribution in [0, 0.1) is 11.3 Å². The van der Waals surface area contributed by atoms with Crippen molar-refractivity contribution in [3.05, 3.63) is 63.3 Å². The van der Waals surface area contributed by atoms with E-state index in [2.05, 4.69) is 57.5 Å². The van der Waals surface area contributed by atoms with Crippen LogP contribution in [0.25, 0.3) is 0 Å². The number of carbonyl (C=O) groups excluding carboxylic acids is 1. The van der Waals surface area contributed by atoms with Crippen molar-refractivity contribution >= 4 is 28.5 Å². The van der Waals surface area contributed by atoms with Crippen molar-refractivity contribution in [1.29, 1.82) is 0 Å². The molecule has 0 N–H and O–H groups in total. The molecule has 0 aromatic carbocycles. The highest BCUT2D eigenvalue weighted by atomic mass is 32.1. The third kappa shape index (κ3) is 2.81. The van der Waals surface area contributed by atoms with E-state index >= 15 is 0 Å². The number of hydrogen-bond donors (Lipinski definition) is 0. The molecule has 6 nitrogen and oxygen atoms in total. The fourth-order valence-electron chi connectivity index (χ4n) is 5.50. The lowest BCUT2D eigenvalue weighted by Gasteiger charge is -2.63. The number of Topliss-reactive ketones (excluding diaryl/α,β-unsaturated/α-hetero) is 1. The van der Waals surface area contributed by atoms with E-state index in [0.717, 1.165) is 23.6 Å². The molecule has 0 saturated carbocycles. The maximum absolute atomic E-state index is 14.0. The number of ketones is 1. The van der Waals surface area contributed by atoms with E-state index in [4.69, 9.17) is 4.98 Å². The van der Waals surface area contributed by atoms with Gasteiger partial charge in [0.05, 0.1) is 51.0 Å². The number of thiazole rings is 2. The predicted octanol–water partition coefficient (Wildman–Crippen LogP) is 3.60. The van der Waals surface area contributed by atoms with Gasteiger partial charge in [-0.2, -0.15) is 0 Å². The molecular formula is C22H25N5OS2. The van der Waals surface area contributed by atoms with Crippen LogP contribution in [0.5, 0.6) is 0 Å². The van der Waals surface area contributed by atoms with Crippen LogP contribution in [-0.2, 0) is 16.9 Å². The van der Waals surface area contributed by atoms with Gasteiger partial charge in [-0.3, -0.25) is 14.7 Å². The molecule has 3 aromatic rings. The number of hydrogen-bond acceptors (Lipinski definition) is 8. The minimum Gasteiger partial charge on any atom is -0.305 e. The van der Waals surface area contributed by atoms with Crippen LogP contribution in [0.1, 0.15) is 37.0 Å². The third-order valence-electron chi connectivity index (χ3n) is 7.08. The second kappa shape index (κ2) is 7.30. The Hall–Kier alpha value is -2.00. The van der Waals surface area contributed by atoms with Crippen molar-refractivity contribution < 1.29 is 4.79 Å². The van der Waals surface area contributed by atoms with E-state index in [1.54, 1.807) is 22.7 Å².